The number of aromatic nitrogens is 2. The Morgan fingerprint density at radius 3 is 2.80 bits per heavy atom. The molecule has 0 aliphatic carbocycles. The van der Waals surface area contributed by atoms with Crippen LogP contribution in [0.3, 0.4) is 0 Å². The van der Waals surface area contributed by atoms with E-state index in [1.165, 1.54) is 11.8 Å². The number of hydrogen-bond donors (Lipinski definition) is 2. The van der Waals surface area contributed by atoms with Crippen LogP contribution in [0.1, 0.15) is 5.56 Å². The summed E-state index contributed by atoms with van der Waals surface area (Å²) in [6.07, 6.45) is 3.42. The van der Waals surface area contributed by atoms with Crippen molar-refractivity contribution < 1.29 is 4.79 Å². The monoisotopic (exact) mass is 308 g/mol. The first-order valence-corrected chi connectivity index (χ1v) is 7.17. The molecule has 5 nitrogen and oxygen atoms in total. The maximum Gasteiger partial charge on any atom is 0.234 e. The van der Waals surface area contributed by atoms with Crippen molar-refractivity contribution in [3.63, 3.8) is 0 Å². The van der Waals surface area contributed by atoms with Gasteiger partial charge in [-0.05, 0) is 30.7 Å². The Kier molecular flexibility index (Phi) is 4.81. The molecule has 1 aromatic carbocycles. The molecule has 20 heavy (non-hydrogen) atoms. The number of nitrogen functional groups attached to an aromatic ring is 1. The second kappa shape index (κ2) is 6.58. The lowest BCUT2D eigenvalue weighted by Gasteiger charge is -2.08. The number of hydrogen-bond acceptors (Lipinski definition) is 5. The van der Waals surface area contributed by atoms with Gasteiger partial charge in [0.2, 0.25) is 5.91 Å². The molecule has 2 rings (SSSR count). The Morgan fingerprint density at radius 2 is 2.10 bits per heavy atom. The predicted molar refractivity (Wildman–Crippen MR) is 82.0 cm³/mol. The van der Waals surface area contributed by atoms with Gasteiger partial charge < -0.3 is 11.1 Å². The number of amides is 1. The first-order chi connectivity index (χ1) is 9.54. The number of nitrogens with two attached hydrogens (primary N) is 1. The van der Waals surface area contributed by atoms with Crippen LogP contribution in [0.25, 0.3) is 0 Å². The van der Waals surface area contributed by atoms with E-state index in [9.17, 15) is 4.79 Å². The Bertz CT molecular complexity index is 618. The van der Waals surface area contributed by atoms with Gasteiger partial charge in [-0.25, -0.2) is 9.97 Å². The highest BCUT2D eigenvalue weighted by Gasteiger charge is 2.08. The van der Waals surface area contributed by atoms with E-state index < -0.39 is 0 Å². The topological polar surface area (TPSA) is 80.9 Å². The van der Waals surface area contributed by atoms with Gasteiger partial charge >= 0.3 is 0 Å². The summed E-state index contributed by atoms with van der Waals surface area (Å²) in [6, 6.07) is 4.93. The zero-order chi connectivity index (χ0) is 14.5. The van der Waals surface area contributed by atoms with E-state index >= 15 is 0 Å². The number of nitrogens with zero attached hydrogens (tertiary/aromatic N) is 2. The lowest BCUT2D eigenvalue weighted by Crippen LogP contribution is -2.15. The van der Waals surface area contributed by atoms with Crippen molar-refractivity contribution in [1.29, 1.82) is 0 Å². The first kappa shape index (κ1) is 14.6. The molecular weight excluding hydrogens is 296 g/mol. The van der Waals surface area contributed by atoms with Crippen LogP contribution >= 0.6 is 23.4 Å². The lowest BCUT2D eigenvalue weighted by atomic mass is 10.2. The summed E-state index contributed by atoms with van der Waals surface area (Å²) in [5.41, 5.74) is 7.71. The molecule has 0 saturated heterocycles. The smallest absolute Gasteiger partial charge is 0.234 e. The van der Waals surface area contributed by atoms with E-state index in [0.29, 0.717) is 21.6 Å². The molecule has 0 fully saturated rings. The summed E-state index contributed by atoms with van der Waals surface area (Å²) in [6.45, 7) is 1.91. The fraction of sp³-hybridized carbons (Fsp3) is 0.154. The number of rotatable bonds is 4. The summed E-state index contributed by atoms with van der Waals surface area (Å²) in [7, 11) is 0. The maximum atomic E-state index is 11.8. The average molecular weight is 309 g/mol. The average Bonchev–Trinajstić information content (AvgIpc) is 2.42. The Morgan fingerprint density at radius 1 is 1.40 bits per heavy atom. The number of thioether (sulfide) groups is 1. The third kappa shape index (κ3) is 4.11. The number of aryl methyl sites for hydroxylation is 1. The number of anilines is 2. The van der Waals surface area contributed by atoms with Gasteiger partial charge in [0.25, 0.3) is 0 Å². The largest absolute Gasteiger partial charge is 0.397 e. The molecule has 0 aliphatic heterocycles. The number of halogens is 1. The zero-order valence-electron chi connectivity index (χ0n) is 10.8. The first-order valence-electron chi connectivity index (χ1n) is 5.81. The highest BCUT2D eigenvalue weighted by atomic mass is 35.5. The van der Waals surface area contributed by atoms with Crippen LogP contribution in [0, 0.1) is 6.92 Å². The van der Waals surface area contributed by atoms with Gasteiger partial charge in [-0.3, -0.25) is 4.79 Å². The van der Waals surface area contributed by atoms with Crippen LogP contribution in [0.2, 0.25) is 5.02 Å². The molecule has 0 unspecified atom stereocenters. The SMILES string of the molecule is Cc1cnc(SCC(=O)Nc2cc(Cl)ccc2N)nc1. The molecule has 7 heteroatoms. The van der Waals surface area contributed by atoms with Crippen molar-refractivity contribution in [2.24, 2.45) is 0 Å². The van der Waals surface area contributed by atoms with E-state index in [0.717, 1.165) is 5.56 Å². The molecule has 1 amide bonds. The molecule has 0 atom stereocenters. The van der Waals surface area contributed by atoms with Crippen LogP contribution in [-0.4, -0.2) is 21.6 Å². The molecule has 3 N–H and O–H groups in total. The molecule has 0 aliphatic rings. The summed E-state index contributed by atoms with van der Waals surface area (Å²) < 4.78 is 0. The molecule has 0 spiro atoms. The van der Waals surface area contributed by atoms with Gasteiger partial charge in [0.15, 0.2) is 5.16 Å². The fourth-order valence-electron chi connectivity index (χ4n) is 1.41. The summed E-state index contributed by atoms with van der Waals surface area (Å²) in [5.74, 6) is 0.0165. The van der Waals surface area contributed by atoms with Crippen molar-refractivity contribution in [3.8, 4) is 0 Å². The van der Waals surface area contributed by atoms with Gasteiger partial charge in [-0.15, -0.1) is 0 Å². The normalized spacial score (nSPS) is 10.3. The molecule has 0 radical (unpaired) electrons. The van der Waals surface area contributed by atoms with Crippen molar-refractivity contribution in [1.82, 2.24) is 9.97 Å². The highest BCUT2D eigenvalue weighted by Crippen LogP contribution is 2.23. The zero-order valence-corrected chi connectivity index (χ0v) is 12.3. The van der Waals surface area contributed by atoms with E-state index in [1.54, 1.807) is 30.6 Å². The molecule has 2 aromatic rings. The lowest BCUT2D eigenvalue weighted by molar-refractivity contribution is -0.113. The second-order valence-corrected chi connectivity index (χ2v) is 5.49. The van der Waals surface area contributed by atoms with Crippen molar-refractivity contribution in [2.75, 3.05) is 16.8 Å². The van der Waals surface area contributed by atoms with E-state index in [1.807, 2.05) is 6.92 Å². The minimum atomic E-state index is -0.187. The molecule has 1 aromatic heterocycles. The molecular formula is C13H13ClN4OS. The Labute approximate surface area is 126 Å². The summed E-state index contributed by atoms with van der Waals surface area (Å²) in [5, 5.41) is 3.79. The Hall–Kier alpha value is -1.79. The van der Waals surface area contributed by atoms with Crippen LogP contribution < -0.4 is 11.1 Å². The molecule has 104 valence electrons. The van der Waals surface area contributed by atoms with Gasteiger partial charge in [0.1, 0.15) is 0 Å². The van der Waals surface area contributed by atoms with Gasteiger partial charge in [-0.2, -0.15) is 0 Å². The molecule has 1 heterocycles. The van der Waals surface area contributed by atoms with E-state index in [4.69, 9.17) is 17.3 Å². The third-order valence-electron chi connectivity index (χ3n) is 2.38. The number of carbonyl (C=O) groups excluding carboxylic acids is 1. The molecule has 0 bridgehead atoms. The quantitative estimate of drug-likeness (QED) is 0.515. The fourth-order valence-corrected chi connectivity index (χ4v) is 2.17. The maximum absolute atomic E-state index is 11.8. The van der Waals surface area contributed by atoms with Crippen LogP contribution in [0.5, 0.6) is 0 Å². The van der Waals surface area contributed by atoms with Crippen molar-refractivity contribution in [2.45, 2.75) is 12.1 Å². The third-order valence-corrected chi connectivity index (χ3v) is 3.49. The van der Waals surface area contributed by atoms with E-state index in [2.05, 4.69) is 15.3 Å². The highest BCUT2D eigenvalue weighted by molar-refractivity contribution is 7.99. The standard InChI is InChI=1S/C13H13ClN4OS/c1-8-5-16-13(17-6-8)20-7-12(19)18-11-4-9(14)2-3-10(11)15/h2-6H,7,15H2,1H3,(H,18,19). The van der Waals surface area contributed by atoms with Gasteiger partial charge in [0, 0.05) is 17.4 Å². The predicted octanol–water partition coefficient (Wildman–Crippen LogP) is 2.75. The van der Waals surface area contributed by atoms with Crippen LogP contribution in [-0.2, 0) is 4.79 Å². The second-order valence-electron chi connectivity index (χ2n) is 4.11. The van der Waals surface area contributed by atoms with E-state index in [-0.39, 0.29) is 11.7 Å². The minimum absolute atomic E-state index is 0.187. The van der Waals surface area contributed by atoms with Crippen LogP contribution in [0.4, 0.5) is 11.4 Å². The number of benzene rings is 1. The number of nitrogens with one attached hydrogen (secondary N) is 1. The van der Waals surface area contributed by atoms with Gasteiger partial charge in [0.05, 0.1) is 17.1 Å². The van der Waals surface area contributed by atoms with Crippen molar-refractivity contribution in [3.05, 3.63) is 41.2 Å². The van der Waals surface area contributed by atoms with Gasteiger partial charge in [-0.1, -0.05) is 23.4 Å². The van der Waals surface area contributed by atoms with Crippen molar-refractivity contribution >= 4 is 40.6 Å². The molecule has 0 saturated carbocycles. The minimum Gasteiger partial charge on any atom is -0.397 e. The van der Waals surface area contributed by atoms with Crippen LogP contribution in [0.15, 0.2) is 35.7 Å². The summed E-state index contributed by atoms with van der Waals surface area (Å²) >= 11 is 7.11. The number of carbonyl (C=O) groups is 1. The Balaban J connectivity index is 1.92. The summed E-state index contributed by atoms with van der Waals surface area (Å²) in [4.78, 5) is 20.1.